The lowest BCUT2D eigenvalue weighted by Crippen LogP contribution is -2.22. The highest BCUT2D eigenvalue weighted by Gasteiger charge is 2.33. The number of amides is 6. The molecule has 2 rings (SSSR count). The van der Waals surface area contributed by atoms with E-state index in [9.17, 15) is 19.2 Å². The summed E-state index contributed by atoms with van der Waals surface area (Å²) in [6.07, 6.45) is 0. The van der Waals surface area contributed by atoms with Crippen LogP contribution in [-0.4, -0.2) is 45.3 Å². The topological polar surface area (TPSA) is 98.8 Å². The van der Waals surface area contributed by atoms with Gasteiger partial charge in [-0.05, 0) is 0 Å². The minimum Gasteiger partial charge on any atom is -0.329 e. The summed E-state index contributed by atoms with van der Waals surface area (Å²) in [5, 5.41) is 4.30. The maximum Gasteiger partial charge on any atom is 0.352 e. The third-order valence-electron chi connectivity index (χ3n) is 1.53. The Bertz CT molecular complexity index is 348. The van der Waals surface area contributed by atoms with Gasteiger partial charge in [0.15, 0.2) is 0 Å². The summed E-state index contributed by atoms with van der Waals surface area (Å²) < 4.78 is 1.59. The molecule has 0 atom stereocenters. The van der Waals surface area contributed by atoms with Crippen LogP contribution in [0.5, 0.6) is 0 Å². The van der Waals surface area contributed by atoms with Crippen molar-refractivity contribution >= 4 is 51.8 Å². The number of nitrogens with zero attached hydrogens (tertiary/aromatic N) is 2. The second kappa shape index (κ2) is 5.12. The highest BCUT2D eigenvalue weighted by atomic mass is 79.9. The average Bonchev–Trinajstić information content (AvgIpc) is 2.68. The predicted octanol–water partition coefficient (Wildman–Crippen LogP) is -0.460. The number of imide groups is 2. The fourth-order valence-corrected chi connectivity index (χ4v) is 1.44. The van der Waals surface area contributed by atoms with E-state index >= 15 is 0 Å². The van der Waals surface area contributed by atoms with Crippen molar-refractivity contribution in [2.75, 3.05) is 13.1 Å². The van der Waals surface area contributed by atoms with Crippen LogP contribution in [0.25, 0.3) is 0 Å². The molecule has 2 saturated heterocycles. The average molecular weight is 313 g/mol. The zero-order chi connectivity index (χ0) is 12.3. The lowest BCUT2D eigenvalue weighted by molar-refractivity contribution is -0.122. The van der Waals surface area contributed by atoms with Crippen LogP contribution in [0.3, 0.4) is 0 Å². The van der Waals surface area contributed by atoms with Crippen LogP contribution in [0, 0.1) is 0 Å². The van der Waals surface area contributed by atoms with Crippen LogP contribution < -0.4 is 10.6 Å². The molecule has 0 aromatic carbocycles. The van der Waals surface area contributed by atoms with Gasteiger partial charge in [-0.25, -0.2) is 13.5 Å². The molecule has 6 amide bonds. The number of nitrogens with one attached hydrogen (secondary N) is 2. The molecule has 2 aliphatic heterocycles. The van der Waals surface area contributed by atoms with Gasteiger partial charge in [-0.2, -0.15) is 4.42 Å². The number of carbonyl (C=O) groups excluding carboxylic acids is 4. The van der Waals surface area contributed by atoms with E-state index in [4.69, 9.17) is 11.8 Å². The maximum atomic E-state index is 10.6. The van der Waals surface area contributed by atoms with E-state index in [2.05, 4.69) is 21.5 Å². The Kier molecular flexibility index (Phi) is 4.07. The number of rotatable bonds is 0. The van der Waals surface area contributed by atoms with Crippen LogP contribution in [0.15, 0.2) is 0 Å². The van der Waals surface area contributed by atoms with Gasteiger partial charge in [0, 0.05) is 11.8 Å². The molecule has 16 heavy (non-hydrogen) atoms. The smallest absolute Gasteiger partial charge is 0.329 e. The van der Waals surface area contributed by atoms with Gasteiger partial charge in [-0.15, -0.1) is 0 Å². The molecule has 0 radical (unpaired) electrons. The Labute approximate surface area is 103 Å². The van der Waals surface area contributed by atoms with Gasteiger partial charge in [0.1, 0.15) is 6.54 Å². The van der Waals surface area contributed by atoms with Gasteiger partial charge in [-0.3, -0.25) is 14.9 Å². The SMILES string of the molecule is O=C1CN(Br)C(=O)N1Cl.O=C1CNC(=O)N1. The van der Waals surface area contributed by atoms with E-state index in [1.165, 1.54) is 0 Å². The van der Waals surface area contributed by atoms with E-state index < -0.39 is 18.0 Å². The first-order chi connectivity index (χ1) is 7.41. The first-order valence-electron chi connectivity index (χ1n) is 3.95. The number of halogens is 2. The predicted molar refractivity (Wildman–Crippen MR) is 55.3 cm³/mol. The minimum absolute atomic E-state index is 0.00231. The monoisotopic (exact) mass is 312 g/mol. The lowest BCUT2D eigenvalue weighted by Gasteiger charge is -2.00. The number of hydrogen-bond donors (Lipinski definition) is 2. The molecule has 8 nitrogen and oxygen atoms in total. The summed E-state index contributed by atoms with van der Waals surface area (Å²) in [6.45, 7) is 0.126. The van der Waals surface area contributed by atoms with Crippen molar-refractivity contribution in [3.05, 3.63) is 0 Å². The Balaban J connectivity index is 0.000000165. The van der Waals surface area contributed by atoms with E-state index in [1.807, 2.05) is 5.32 Å². The van der Waals surface area contributed by atoms with E-state index in [-0.39, 0.29) is 19.0 Å². The van der Waals surface area contributed by atoms with Gasteiger partial charge in [0.05, 0.1) is 22.7 Å². The molecule has 0 unspecified atom stereocenters. The molecule has 2 heterocycles. The Morgan fingerprint density at radius 1 is 1.25 bits per heavy atom. The molecule has 0 aliphatic carbocycles. The number of hydrogen-bond acceptors (Lipinski definition) is 4. The van der Waals surface area contributed by atoms with E-state index in [0.29, 0.717) is 4.42 Å². The molecule has 0 aromatic rings. The van der Waals surface area contributed by atoms with Crippen LogP contribution in [0.1, 0.15) is 0 Å². The summed E-state index contributed by atoms with van der Waals surface area (Å²) in [5.41, 5.74) is 0. The molecule has 10 heteroatoms. The van der Waals surface area contributed by atoms with Crippen molar-refractivity contribution in [1.29, 1.82) is 0 Å². The molecule has 0 spiro atoms. The first kappa shape index (κ1) is 12.7. The Hall–Kier alpha value is -1.35. The standard InChI is InChI=1S/C3H2BrClN2O2.C3H4N2O2/c4-6-1-2(8)7(5)3(6)9;6-2-1-4-3(7)5-2/h1H2;1H2,(H2,4,5,6,7). The summed E-state index contributed by atoms with van der Waals surface area (Å²) >= 11 is 7.99. The summed E-state index contributed by atoms with van der Waals surface area (Å²) in [7, 11) is 0. The molecule has 2 N–H and O–H groups in total. The molecule has 0 bridgehead atoms. The fourth-order valence-electron chi connectivity index (χ4n) is 0.826. The highest BCUT2D eigenvalue weighted by Crippen LogP contribution is 2.15. The second-order valence-corrected chi connectivity index (χ2v) is 3.90. The first-order valence-corrected chi connectivity index (χ1v) is 5.00. The second-order valence-electron chi connectivity index (χ2n) is 2.71. The molecule has 0 saturated carbocycles. The molecular formula is C6H6BrClN4O4. The molecule has 0 aromatic heterocycles. The molecular weight excluding hydrogens is 307 g/mol. The quantitative estimate of drug-likeness (QED) is 0.467. The van der Waals surface area contributed by atoms with Gasteiger partial charge >= 0.3 is 12.1 Å². The van der Waals surface area contributed by atoms with Gasteiger partial charge in [0.2, 0.25) is 5.91 Å². The van der Waals surface area contributed by atoms with Gasteiger partial charge in [-0.1, -0.05) is 0 Å². The highest BCUT2D eigenvalue weighted by molar-refractivity contribution is 9.07. The Morgan fingerprint density at radius 2 is 1.88 bits per heavy atom. The lowest BCUT2D eigenvalue weighted by atomic mass is 10.7. The molecule has 2 aliphatic rings. The van der Waals surface area contributed by atoms with Crippen molar-refractivity contribution in [1.82, 2.24) is 19.0 Å². The largest absolute Gasteiger partial charge is 0.352 e. The summed E-state index contributed by atoms with van der Waals surface area (Å²) in [5.74, 6) is -0.677. The van der Waals surface area contributed by atoms with Crippen molar-refractivity contribution in [3.8, 4) is 0 Å². The van der Waals surface area contributed by atoms with Crippen LogP contribution in [-0.2, 0) is 9.59 Å². The summed E-state index contributed by atoms with van der Waals surface area (Å²) in [4.78, 5) is 41.1. The van der Waals surface area contributed by atoms with Gasteiger partial charge < -0.3 is 5.32 Å². The Morgan fingerprint density at radius 3 is 2.00 bits per heavy atom. The fraction of sp³-hybridized carbons (Fsp3) is 0.333. The van der Waals surface area contributed by atoms with Gasteiger partial charge in [0.25, 0.3) is 5.91 Å². The normalized spacial score (nSPS) is 19.4. The van der Waals surface area contributed by atoms with E-state index in [0.717, 1.165) is 3.93 Å². The summed E-state index contributed by atoms with van der Waals surface area (Å²) in [6, 6.07) is -0.938. The minimum atomic E-state index is -0.540. The third-order valence-corrected chi connectivity index (χ3v) is 2.42. The van der Waals surface area contributed by atoms with Crippen LogP contribution in [0.2, 0.25) is 0 Å². The molecule has 88 valence electrons. The van der Waals surface area contributed by atoms with Crippen molar-refractivity contribution in [2.45, 2.75) is 0 Å². The maximum absolute atomic E-state index is 10.6. The third kappa shape index (κ3) is 3.07. The van der Waals surface area contributed by atoms with Crippen molar-refractivity contribution in [3.63, 3.8) is 0 Å². The van der Waals surface area contributed by atoms with E-state index in [1.54, 1.807) is 0 Å². The molecule has 2 fully saturated rings. The van der Waals surface area contributed by atoms with Crippen LogP contribution in [0.4, 0.5) is 9.59 Å². The number of carbonyl (C=O) groups is 4. The van der Waals surface area contributed by atoms with Crippen LogP contribution >= 0.6 is 27.9 Å². The zero-order valence-corrected chi connectivity index (χ0v) is 10.0. The van der Waals surface area contributed by atoms with Crippen molar-refractivity contribution < 1.29 is 19.2 Å². The van der Waals surface area contributed by atoms with Crippen molar-refractivity contribution in [2.24, 2.45) is 0 Å². The zero-order valence-electron chi connectivity index (χ0n) is 7.70. The number of urea groups is 2.